The first kappa shape index (κ1) is 22.4. The van der Waals surface area contributed by atoms with Gasteiger partial charge in [-0.25, -0.2) is 9.78 Å². The summed E-state index contributed by atoms with van der Waals surface area (Å²) in [5, 5.41) is 5.15. The summed E-state index contributed by atoms with van der Waals surface area (Å²) in [6, 6.07) is 13.7. The predicted octanol–water partition coefficient (Wildman–Crippen LogP) is 5.51. The van der Waals surface area contributed by atoms with Gasteiger partial charge in [-0.2, -0.15) is 0 Å². The molecule has 0 aliphatic carbocycles. The largest absolute Gasteiger partial charge is 0.414 e. The topological polar surface area (TPSA) is 87.3 Å². The SMILES string of the molecule is O=C(NC(c1ccccc1)c1c[nH]c2cc(Cl)ccc2c1=O)Oc1cnc(N2CCCCC2)s1. The van der Waals surface area contributed by atoms with Crippen LogP contribution < -0.4 is 20.4 Å². The fraction of sp³-hybridized carbons (Fsp3) is 0.240. The Hall–Kier alpha value is -3.36. The fourth-order valence-electron chi connectivity index (χ4n) is 4.18. The van der Waals surface area contributed by atoms with Crippen molar-refractivity contribution in [3.05, 3.63) is 87.3 Å². The van der Waals surface area contributed by atoms with Gasteiger partial charge >= 0.3 is 6.09 Å². The molecule has 1 atom stereocenters. The third kappa shape index (κ3) is 4.78. The van der Waals surface area contributed by atoms with E-state index in [0.29, 0.717) is 26.6 Å². The number of anilines is 1. The number of benzene rings is 2. The van der Waals surface area contributed by atoms with E-state index >= 15 is 0 Å². The molecule has 1 unspecified atom stereocenters. The molecule has 9 heteroatoms. The average Bonchev–Trinajstić information content (AvgIpc) is 3.32. The van der Waals surface area contributed by atoms with Crippen molar-refractivity contribution in [1.82, 2.24) is 15.3 Å². The van der Waals surface area contributed by atoms with Gasteiger partial charge in [0.2, 0.25) is 5.06 Å². The van der Waals surface area contributed by atoms with Crippen LogP contribution in [-0.2, 0) is 0 Å². The van der Waals surface area contributed by atoms with Crippen LogP contribution in [0, 0.1) is 0 Å². The molecule has 34 heavy (non-hydrogen) atoms. The molecule has 2 aromatic heterocycles. The number of ether oxygens (including phenoxy) is 1. The van der Waals surface area contributed by atoms with Crippen molar-refractivity contribution in [1.29, 1.82) is 0 Å². The van der Waals surface area contributed by atoms with Crippen LogP contribution in [0.25, 0.3) is 10.9 Å². The number of fused-ring (bicyclic) bond motifs is 1. The number of carbonyl (C=O) groups is 1. The Labute approximate surface area is 205 Å². The molecule has 2 N–H and O–H groups in total. The van der Waals surface area contributed by atoms with E-state index < -0.39 is 12.1 Å². The quantitative estimate of drug-likeness (QED) is 0.382. The highest BCUT2D eigenvalue weighted by Gasteiger charge is 2.23. The summed E-state index contributed by atoms with van der Waals surface area (Å²) in [6.07, 6.45) is 6.04. The number of nitrogens with one attached hydrogen (secondary N) is 2. The number of pyridine rings is 1. The molecule has 0 bridgehead atoms. The van der Waals surface area contributed by atoms with Gasteiger partial charge in [0.25, 0.3) is 0 Å². The minimum atomic E-state index is -0.702. The van der Waals surface area contributed by atoms with Crippen LogP contribution in [0.2, 0.25) is 5.02 Å². The van der Waals surface area contributed by atoms with Gasteiger partial charge in [0.05, 0.1) is 17.8 Å². The smallest absolute Gasteiger partial charge is 0.397 e. The van der Waals surface area contributed by atoms with Crippen LogP contribution in [0.4, 0.5) is 9.93 Å². The molecule has 0 saturated carbocycles. The van der Waals surface area contributed by atoms with E-state index in [1.54, 1.807) is 30.6 Å². The van der Waals surface area contributed by atoms with Crippen LogP contribution in [0.1, 0.15) is 36.4 Å². The van der Waals surface area contributed by atoms with Crippen LogP contribution in [0.3, 0.4) is 0 Å². The van der Waals surface area contributed by atoms with E-state index in [1.165, 1.54) is 17.8 Å². The molecule has 0 spiro atoms. The summed E-state index contributed by atoms with van der Waals surface area (Å²) in [7, 11) is 0. The van der Waals surface area contributed by atoms with Gasteiger partial charge in [0.1, 0.15) is 0 Å². The summed E-state index contributed by atoms with van der Waals surface area (Å²) in [6.45, 7) is 1.93. The molecule has 1 fully saturated rings. The highest BCUT2D eigenvalue weighted by Crippen LogP contribution is 2.31. The Bertz CT molecular complexity index is 1370. The number of halogens is 1. The number of rotatable bonds is 5. The minimum absolute atomic E-state index is 0.190. The molecule has 1 aliphatic heterocycles. The zero-order chi connectivity index (χ0) is 23.5. The molecular formula is C25H23ClN4O3S. The second kappa shape index (κ2) is 9.87. The number of piperidine rings is 1. The van der Waals surface area contributed by atoms with E-state index in [9.17, 15) is 9.59 Å². The number of amides is 1. The second-order valence-electron chi connectivity index (χ2n) is 8.15. The first-order chi connectivity index (χ1) is 16.6. The molecule has 3 heterocycles. The lowest BCUT2D eigenvalue weighted by atomic mass is 9.98. The molecule has 5 rings (SSSR count). The van der Waals surface area contributed by atoms with Crippen molar-refractivity contribution in [3.63, 3.8) is 0 Å². The number of aromatic nitrogens is 2. The lowest BCUT2D eigenvalue weighted by Gasteiger charge is -2.25. The molecular weight excluding hydrogens is 472 g/mol. The van der Waals surface area contributed by atoms with Crippen molar-refractivity contribution in [2.45, 2.75) is 25.3 Å². The number of nitrogens with zero attached hydrogens (tertiary/aromatic N) is 2. The summed E-state index contributed by atoms with van der Waals surface area (Å²) in [5.41, 5.74) is 1.60. The molecule has 174 valence electrons. The third-order valence-electron chi connectivity index (χ3n) is 5.87. The van der Waals surface area contributed by atoms with Crippen LogP contribution in [-0.4, -0.2) is 29.2 Å². The van der Waals surface area contributed by atoms with Crippen LogP contribution in [0.15, 0.2) is 65.7 Å². The van der Waals surface area contributed by atoms with Gasteiger partial charge in [0, 0.05) is 35.3 Å². The Morgan fingerprint density at radius 1 is 1.15 bits per heavy atom. The zero-order valence-corrected chi connectivity index (χ0v) is 19.9. The molecule has 1 saturated heterocycles. The van der Waals surface area contributed by atoms with Crippen LogP contribution in [0.5, 0.6) is 5.06 Å². The van der Waals surface area contributed by atoms with Crippen molar-refractivity contribution >= 4 is 45.1 Å². The van der Waals surface area contributed by atoms with Gasteiger partial charge < -0.3 is 19.9 Å². The Morgan fingerprint density at radius 3 is 2.74 bits per heavy atom. The zero-order valence-electron chi connectivity index (χ0n) is 18.3. The number of thiazole rings is 1. The van der Waals surface area contributed by atoms with E-state index in [2.05, 4.69) is 20.2 Å². The van der Waals surface area contributed by atoms with Crippen LogP contribution >= 0.6 is 22.9 Å². The number of carbonyl (C=O) groups excluding carboxylic acids is 1. The highest BCUT2D eigenvalue weighted by molar-refractivity contribution is 7.17. The van der Waals surface area contributed by atoms with E-state index in [0.717, 1.165) is 36.6 Å². The molecule has 4 aromatic rings. The maximum absolute atomic E-state index is 13.3. The first-order valence-electron chi connectivity index (χ1n) is 11.1. The maximum Gasteiger partial charge on any atom is 0.414 e. The summed E-state index contributed by atoms with van der Waals surface area (Å²) in [5.74, 6) is 0. The average molecular weight is 495 g/mol. The van der Waals surface area contributed by atoms with Gasteiger partial charge in [0.15, 0.2) is 10.6 Å². The first-order valence-corrected chi connectivity index (χ1v) is 12.3. The lowest BCUT2D eigenvalue weighted by Crippen LogP contribution is -2.34. The predicted molar refractivity (Wildman–Crippen MR) is 135 cm³/mol. The Balaban J connectivity index is 1.40. The molecule has 1 amide bonds. The van der Waals surface area contributed by atoms with Crippen molar-refractivity contribution < 1.29 is 9.53 Å². The number of hydrogen-bond acceptors (Lipinski definition) is 6. The summed E-state index contributed by atoms with van der Waals surface area (Å²) in [4.78, 5) is 35.9. The van der Waals surface area contributed by atoms with Crippen molar-refractivity contribution in [2.24, 2.45) is 0 Å². The third-order valence-corrected chi connectivity index (χ3v) is 7.04. The van der Waals surface area contributed by atoms with Gasteiger partial charge in [-0.05, 0) is 43.0 Å². The molecule has 2 aromatic carbocycles. The van der Waals surface area contributed by atoms with Crippen molar-refractivity contribution in [2.75, 3.05) is 18.0 Å². The maximum atomic E-state index is 13.3. The Kier molecular flexibility index (Phi) is 6.51. The fourth-order valence-corrected chi connectivity index (χ4v) is 5.17. The molecule has 1 aliphatic rings. The summed E-state index contributed by atoms with van der Waals surface area (Å²) < 4.78 is 5.55. The molecule has 7 nitrogen and oxygen atoms in total. The van der Waals surface area contributed by atoms with E-state index in [4.69, 9.17) is 16.3 Å². The second-order valence-corrected chi connectivity index (χ2v) is 9.56. The number of hydrogen-bond donors (Lipinski definition) is 2. The van der Waals surface area contributed by atoms with Gasteiger partial charge in [-0.3, -0.25) is 4.79 Å². The van der Waals surface area contributed by atoms with E-state index in [-0.39, 0.29) is 5.43 Å². The number of H-pyrrole nitrogens is 1. The lowest BCUT2D eigenvalue weighted by molar-refractivity contribution is 0.199. The molecule has 0 radical (unpaired) electrons. The number of aromatic amines is 1. The highest BCUT2D eigenvalue weighted by atomic mass is 35.5. The monoisotopic (exact) mass is 494 g/mol. The van der Waals surface area contributed by atoms with E-state index in [1.807, 2.05) is 30.3 Å². The van der Waals surface area contributed by atoms with Gasteiger partial charge in [-0.15, -0.1) is 0 Å². The Morgan fingerprint density at radius 2 is 1.94 bits per heavy atom. The summed E-state index contributed by atoms with van der Waals surface area (Å²) >= 11 is 7.41. The normalized spacial score (nSPS) is 14.7. The minimum Gasteiger partial charge on any atom is -0.397 e. The van der Waals surface area contributed by atoms with Gasteiger partial charge in [-0.1, -0.05) is 53.3 Å². The van der Waals surface area contributed by atoms with Crippen molar-refractivity contribution in [3.8, 4) is 5.06 Å². The standard InChI is InChI=1S/C25H23ClN4O3S/c26-17-9-10-18-20(13-17)27-14-19(23(18)31)22(16-7-3-1-4-8-16)29-25(32)33-21-15-28-24(34-21)30-11-5-2-6-12-30/h1,3-4,7-10,13-15,22H,2,5-6,11-12H2,(H,27,31)(H,29,32).